The maximum absolute atomic E-state index is 12.9. The van der Waals surface area contributed by atoms with E-state index in [1.165, 1.54) is 13.8 Å². The fourth-order valence-electron chi connectivity index (χ4n) is 3.37. The van der Waals surface area contributed by atoms with E-state index in [2.05, 4.69) is 15.6 Å². The van der Waals surface area contributed by atoms with Crippen molar-refractivity contribution in [2.75, 3.05) is 13.1 Å². The molecular formula is C19H35N7O7. The Labute approximate surface area is 191 Å². The molecule has 0 spiro atoms. The molecule has 1 aliphatic heterocycles. The SMILES string of the molecule is CC(O)C(N)C(=O)NC(CCCN=C(N)N)C(=O)NC(C(=O)N1CCCC1C(=O)O)C(C)O. The van der Waals surface area contributed by atoms with E-state index in [1.54, 1.807) is 0 Å². The lowest BCUT2D eigenvalue weighted by molar-refractivity contribution is -0.150. The van der Waals surface area contributed by atoms with Crippen LogP contribution in [0.5, 0.6) is 0 Å². The number of nitrogens with two attached hydrogens (primary N) is 3. The zero-order chi connectivity index (χ0) is 25.3. The van der Waals surface area contributed by atoms with E-state index in [1.807, 2.05) is 0 Å². The first-order valence-electron chi connectivity index (χ1n) is 10.7. The maximum Gasteiger partial charge on any atom is 0.326 e. The van der Waals surface area contributed by atoms with Crippen molar-refractivity contribution in [3.63, 3.8) is 0 Å². The third-order valence-electron chi connectivity index (χ3n) is 5.27. The first-order valence-corrected chi connectivity index (χ1v) is 10.7. The highest BCUT2D eigenvalue weighted by molar-refractivity contribution is 5.94. The second kappa shape index (κ2) is 12.9. The molecule has 0 saturated carbocycles. The van der Waals surface area contributed by atoms with Crippen LogP contribution in [-0.2, 0) is 19.2 Å². The number of nitrogens with zero attached hydrogens (tertiary/aromatic N) is 2. The van der Waals surface area contributed by atoms with Crippen LogP contribution in [0.1, 0.15) is 39.5 Å². The van der Waals surface area contributed by atoms with Gasteiger partial charge in [-0.1, -0.05) is 0 Å². The molecule has 1 fully saturated rings. The summed E-state index contributed by atoms with van der Waals surface area (Å²) in [6, 6.07) is -4.96. The minimum atomic E-state index is -1.43. The van der Waals surface area contributed by atoms with E-state index in [0.29, 0.717) is 6.42 Å². The molecule has 0 bridgehead atoms. The molecule has 0 aliphatic carbocycles. The number of guanidine groups is 1. The summed E-state index contributed by atoms with van der Waals surface area (Å²) in [7, 11) is 0. The summed E-state index contributed by atoms with van der Waals surface area (Å²) in [5.41, 5.74) is 16.2. The molecule has 6 atom stereocenters. The smallest absolute Gasteiger partial charge is 0.326 e. The van der Waals surface area contributed by atoms with Crippen molar-refractivity contribution in [2.24, 2.45) is 22.2 Å². The molecule has 0 aromatic heterocycles. The monoisotopic (exact) mass is 473 g/mol. The highest BCUT2D eigenvalue weighted by atomic mass is 16.4. The molecule has 1 rings (SSSR count). The van der Waals surface area contributed by atoms with Gasteiger partial charge < -0.3 is 48.1 Å². The normalized spacial score (nSPS) is 20.2. The average Bonchev–Trinajstić information content (AvgIpc) is 3.22. The molecule has 11 N–H and O–H groups in total. The van der Waals surface area contributed by atoms with Crippen LogP contribution in [0, 0.1) is 0 Å². The van der Waals surface area contributed by atoms with Crippen LogP contribution in [0.4, 0.5) is 0 Å². The number of hydrogen-bond donors (Lipinski definition) is 8. The Morgan fingerprint density at radius 1 is 1.09 bits per heavy atom. The number of rotatable bonds is 12. The van der Waals surface area contributed by atoms with Gasteiger partial charge >= 0.3 is 5.97 Å². The molecule has 1 saturated heterocycles. The molecule has 0 radical (unpaired) electrons. The van der Waals surface area contributed by atoms with Crippen molar-refractivity contribution in [1.29, 1.82) is 0 Å². The molecule has 33 heavy (non-hydrogen) atoms. The number of hydrogen-bond acceptors (Lipinski definition) is 8. The van der Waals surface area contributed by atoms with Crippen LogP contribution >= 0.6 is 0 Å². The number of carbonyl (C=O) groups is 4. The number of aliphatic hydroxyl groups excluding tert-OH is 2. The summed E-state index contributed by atoms with van der Waals surface area (Å²) in [6.07, 6.45) is -1.44. The maximum atomic E-state index is 12.9. The number of aliphatic carboxylic acids is 1. The van der Waals surface area contributed by atoms with Gasteiger partial charge in [-0.25, -0.2) is 4.79 Å². The first-order chi connectivity index (χ1) is 15.4. The number of amides is 3. The Kier molecular flexibility index (Phi) is 11.0. The van der Waals surface area contributed by atoms with Crippen LogP contribution < -0.4 is 27.8 Å². The van der Waals surface area contributed by atoms with E-state index in [4.69, 9.17) is 17.2 Å². The molecule has 1 heterocycles. The Bertz CT molecular complexity index is 740. The Morgan fingerprint density at radius 2 is 1.73 bits per heavy atom. The van der Waals surface area contributed by atoms with Crippen LogP contribution in [0.2, 0.25) is 0 Å². The molecule has 0 aromatic carbocycles. The molecule has 0 aromatic rings. The quantitative estimate of drug-likeness (QED) is 0.0779. The van der Waals surface area contributed by atoms with Crippen LogP contribution in [0.25, 0.3) is 0 Å². The van der Waals surface area contributed by atoms with Crippen molar-refractivity contribution >= 4 is 29.7 Å². The van der Waals surface area contributed by atoms with Crippen molar-refractivity contribution in [3.05, 3.63) is 0 Å². The average molecular weight is 474 g/mol. The number of aliphatic imine (C=N–C) groups is 1. The first kappa shape index (κ1) is 28.1. The second-order valence-corrected chi connectivity index (χ2v) is 8.03. The summed E-state index contributed by atoms with van der Waals surface area (Å²) < 4.78 is 0. The van der Waals surface area contributed by atoms with Gasteiger partial charge in [0, 0.05) is 13.1 Å². The minimum Gasteiger partial charge on any atom is -0.480 e. The van der Waals surface area contributed by atoms with Gasteiger partial charge in [0.15, 0.2) is 5.96 Å². The highest BCUT2D eigenvalue weighted by Gasteiger charge is 2.40. The van der Waals surface area contributed by atoms with Gasteiger partial charge in [0.05, 0.1) is 12.2 Å². The Hall–Kier alpha value is -2.97. The summed E-state index contributed by atoms with van der Waals surface area (Å²) in [4.78, 5) is 54.5. The Balaban J connectivity index is 2.99. The summed E-state index contributed by atoms with van der Waals surface area (Å²) in [5, 5.41) is 33.8. The Morgan fingerprint density at radius 3 is 2.24 bits per heavy atom. The van der Waals surface area contributed by atoms with Crippen molar-refractivity contribution in [1.82, 2.24) is 15.5 Å². The van der Waals surface area contributed by atoms with Crippen molar-refractivity contribution < 1.29 is 34.5 Å². The van der Waals surface area contributed by atoms with Crippen molar-refractivity contribution in [2.45, 2.75) is 75.9 Å². The lowest BCUT2D eigenvalue weighted by Crippen LogP contribution is -2.60. The molecule has 14 nitrogen and oxygen atoms in total. The fraction of sp³-hybridized carbons (Fsp3) is 0.737. The van der Waals surface area contributed by atoms with E-state index in [9.17, 15) is 34.5 Å². The van der Waals surface area contributed by atoms with Crippen LogP contribution in [0.15, 0.2) is 4.99 Å². The lowest BCUT2D eigenvalue weighted by atomic mass is 10.1. The summed E-state index contributed by atoms with van der Waals surface area (Å²) >= 11 is 0. The molecular weight excluding hydrogens is 438 g/mol. The van der Waals surface area contributed by atoms with Crippen molar-refractivity contribution in [3.8, 4) is 0 Å². The predicted octanol–water partition coefficient (Wildman–Crippen LogP) is -3.83. The number of carboxylic acids is 1. The minimum absolute atomic E-state index is 0.0586. The summed E-state index contributed by atoms with van der Waals surface area (Å²) in [5.74, 6) is -3.65. The fourth-order valence-corrected chi connectivity index (χ4v) is 3.37. The van der Waals surface area contributed by atoms with E-state index in [-0.39, 0.29) is 38.3 Å². The van der Waals surface area contributed by atoms with Crippen LogP contribution in [-0.4, -0.2) is 99.3 Å². The zero-order valence-corrected chi connectivity index (χ0v) is 18.8. The van der Waals surface area contributed by atoms with E-state index >= 15 is 0 Å². The largest absolute Gasteiger partial charge is 0.480 e. The van der Waals surface area contributed by atoms with Gasteiger partial charge in [0.25, 0.3) is 0 Å². The van der Waals surface area contributed by atoms with Gasteiger partial charge in [-0.2, -0.15) is 0 Å². The second-order valence-electron chi connectivity index (χ2n) is 8.03. The van der Waals surface area contributed by atoms with Gasteiger partial charge in [0.1, 0.15) is 24.2 Å². The summed E-state index contributed by atoms with van der Waals surface area (Å²) in [6.45, 7) is 2.94. The topological polar surface area (TPSA) is 247 Å². The van der Waals surface area contributed by atoms with E-state index in [0.717, 1.165) is 4.90 Å². The number of carbonyl (C=O) groups excluding carboxylic acids is 3. The highest BCUT2D eigenvalue weighted by Crippen LogP contribution is 2.19. The molecule has 1 aliphatic rings. The van der Waals surface area contributed by atoms with Gasteiger partial charge in [-0.05, 0) is 39.5 Å². The number of likely N-dealkylation sites (tertiary alicyclic amines) is 1. The van der Waals surface area contributed by atoms with Gasteiger partial charge in [-0.15, -0.1) is 0 Å². The number of nitrogens with one attached hydrogen (secondary N) is 2. The number of aliphatic hydroxyl groups is 2. The number of carboxylic acid groups (broad SMARTS) is 1. The predicted molar refractivity (Wildman–Crippen MR) is 117 cm³/mol. The third kappa shape index (κ3) is 8.47. The van der Waals surface area contributed by atoms with Gasteiger partial charge in [-0.3, -0.25) is 19.4 Å². The standard InChI is InChI=1S/C19H35N7O7/c1-9(27)13(20)16(30)24-11(5-3-7-23-19(21)22)15(29)25-14(10(2)28)17(31)26-8-4-6-12(26)18(32)33/h9-14,27-28H,3-8,20H2,1-2H3,(H,24,30)(H,25,29)(H,32,33)(H4,21,22,23). The third-order valence-corrected chi connectivity index (χ3v) is 5.27. The van der Waals surface area contributed by atoms with Crippen LogP contribution in [0.3, 0.4) is 0 Å². The molecule has 188 valence electrons. The van der Waals surface area contributed by atoms with E-state index < -0.39 is 60.1 Å². The molecule has 14 heteroatoms. The lowest BCUT2D eigenvalue weighted by Gasteiger charge is -2.30. The zero-order valence-electron chi connectivity index (χ0n) is 18.8. The molecule has 6 unspecified atom stereocenters. The van der Waals surface area contributed by atoms with Gasteiger partial charge in [0.2, 0.25) is 17.7 Å². The molecule has 3 amide bonds.